The molecule has 0 bridgehead atoms. The quantitative estimate of drug-likeness (QED) is 0.403. The van der Waals surface area contributed by atoms with Crippen molar-refractivity contribution in [1.29, 1.82) is 0 Å². The number of para-hydroxylation sites is 2. The van der Waals surface area contributed by atoms with Crippen LogP contribution in [-0.4, -0.2) is 23.6 Å². The van der Waals surface area contributed by atoms with E-state index in [0.717, 1.165) is 28.7 Å². The van der Waals surface area contributed by atoms with Gasteiger partial charge < -0.3 is 14.3 Å². The van der Waals surface area contributed by atoms with E-state index in [1.165, 1.54) is 0 Å². The predicted molar refractivity (Wildman–Crippen MR) is 127 cm³/mol. The smallest absolute Gasteiger partial charge is 0.347 e. The van der Waals surface area contributed by atoms with Gasteiger partial charge in [0.25, 0.3) is 0 Å². The van der Waals surface area contributed by atoms with Crippen LogP contribution in [0.5, 0.6) is 0 Å². The molecule has 0 atom stereocenters. The Morgan fingerprint density at radius 1 is 1.13 bits per heavy atom. The first-order valence-electron chi connectivity index (χ1n) is 9.69. The highest BCUT2D eigenvalue weighted by atomic mass is 16.4. The summed E-state index contributed by atoms with van der Waals surface area (Å²) in [6.07, 6.45) is 4.78. The molecule has 0 saturated carbocycles. The molecule has 0 amide bonds. The fraction of sp³-hybridized carbons (Fsp3) is 0.154. The van der Waals surface area contributed by atoms with Crippen molar-refractivity contribution in [1.82, 2.24) is 9.97 Å². The Labute approximate surface area is 181 Å². The first-order chi connectivity index (χ1) is 15.1. The van der Waals surface area contributed by atoms with E-state index < -0.39 is 5.63 Å². The highest BCUT2D eigenvalue weighted by Gasteiger charge is 2.12. The number of aromatic amines is 1. The summed E-state index contributed by atoms with van der Waals surface area (Å²) in [6, 6.07) is 15.4. The van der Waals surface area contributed by atoms with Gasteiger partial charge in [-0.2, -0.15) is 0 Å². The fourth-order valence-electron chi connectivity index (χ4n) is 2.90. The molecule has 5 heteroatoms. The van der Waals surface area contributed by atoms with E-state index in [0.29, 0.717) is 17.0 Å². The Balaban J connectivity index is 0.000000339. The molecule has 4 rings (SSSR count). The number of nitrogens with one attached hydrogen (secondary N) is 1. The Hall–Kier alpha value is -4.40. The summed E-state index contributed by atoms with van der Waals surface area (Å²) in [6.45, 7) is 4.67. The van der Waals surface area contributed by atoms with Crippen molar-refractivity contribution in [3.05, 3.63) is 59.0 Å². The van der Waals surface area contributed by atoms with Crippen LogP contribution in [-0.2, 0) is 0 Å². The molecule has 152 valence electrons. The van der Waals surface area contributed by atoms with Gasteiger partial charge in [-0.15, -0.1) is 6.42 Å². The van der Waals surface area contributed by atoms with Crippen molar-refractivity contribution in [3.63, 3.8) is 0 Å². The number of rotatable bonds is 3. The van der Waals surface area contributed by atoms with E-state index in [2.05, 4.69) is 51.4 Å². The van der Waals surface area contributed by atoms with Crippen LogP contribution in [0, 0.1) is 36.0 Å². The number of imidazole rings is 1. The predicted octanol–water partition coefficient (Wildman–Crippen LogP) is 4.44. The number of nitrogens with zero attached hydrogens (tertiary/aromatic N) is 2. The zero-order valence-corrected chi connectivity index (χ0v) is 17.6. The van der Waals surface area contributed by atoms with E-state index in [1.807, 2.05) is 55.6 Å². The number of hydrogen-bond acceptors (Lipinski definition) is 4. The zero-order valence-electron chi connectivity index (χ0n) is 17.6. The van der Waals surface area contributed by atoms with Gasteiger partial charge >= 0.3 is 5.63 Å². The Kier molecular flexibility index (Phi) is 6.79. The minimum absolute atomic E-state index is 0.391. The lowest BCUT2D eigenvalue weighted by Crippen LogP contribution is -2.15. The summed E-state index contributed by atoms with van der Waals surface area (Å²) in [7, 11) is 2.00. The van der Waals surface area contributed by atoms with E-state index in [-0.39, 0.29) is 0 Å². The summed E-state index contributed by atoms with van der Waals surface area (Å²) in [5, 5.41) is 0.873. The maximum Gasteiger partial charge on any atom is 0.347 e. The normalized spacial score (nSPS) is 9.48. The van der Waals surface area contributed by atoms with Gasteiger partial charge in [-0.3, -0.25) is 0 Å². The second-order valence-corrected chi connectivity index (χ2v) is 6.56. The summed E-state index contributed by atoms with van der Waals surface area (Å²) in [5.41, 5.74) is 3.37. The van der Waals surface area contributed by atoms with Crippen LogP contribution in [0.1, 0.15) is 13.8 Å². The van der Waals surface area contributed by atoms with Gasteiger partial charge in [0.2, 0.25) is 0 Å². The second-order valence-electron chi connectivity index (χ2n) is 6.56. The molecule has 2 aromatic heterocycles. The zero-order chi connectivity index (χ0) is 22.2. The van der Waals surface area contributed by atoms with Crippen molar-refractivity contribution in [2.45, 2.75) is 13.8 Å². The molecule has 4 aromatic rings. The first kappa shape index (κ1) is 21.3. The molecule has 0 spiro atoms. The summed E-state index contributed by atoms with van der Waals surface area (Å²) >= 11 is 0. The third kappa shape index (κ3) is 4.96. The van der Waals surface area contributed by atoms with E-state index >= 15 is 0 Å². The van der Waals surface area contributed by atoms with Crippen LogP contribution >= 0.6 is 0 Å². The number of hydrogen-bond donors (Lipinski definition) is 1. The fourth-order valence-corrected chi connectivity index (χ4v) is 2.90. The summed E-state index contributed by atoms with van der Waals surface area (Å²) < 4.78 is 5.54. The van der Waals surface area contributed by atoms with Crippen LogP contribution in [0.4, 0.5) is 5.69 Å². The molecule has 0 saturated heterocycles. The van der Waals surface area contributed by atoms with Crippen LogP contribution in [0.3, 0.4) is 0 Å². The van der Waals surface area contributed by atoms with Crippen molar-refractivity contribution >= 4 is 27.7 Å². The third-order valence-corrected chi connectivity index (χ3v) is 4.60. The van der Waals surface area contributed by atoms with Gasteiger partial charge in [0.05, 0.1) is 11.0 Å². The molecule has 0 radical (unpaired) electrons. The lowest BCUT2D eigenvalue weighted by Gasteiger charge is -2.16. The van der Waals surface area contributed by atoms with Gasteiger partial charge in [0.15, 0.2) is 0 Å². The number of anilines is 1. The molecule has 2 heterocycles. The van der Waals surface area contributed by atoms with Crippen molar-refractivity contribution in [2.24, 2.45) is 0 Å². The second kappa shape index (κ2) is 9.88. The molecule has 0 aliphatic rings. The van der Waals surface area contributed by atoms with E-state index in [1.54, 1.807) is 6.92 Å². The lowest BCUT2D eigenvalue weighted by atomic mass is 10.1. The highest BCUT2D eigenvalue weighted by Crippen LogP contribution is 2.24. The van der Waals surface area contributed by atoms with Crippen LogP contribution in [0.15, 0.2) is 57.7 Å². The SMILES string of the molecule is C#CC#CC#CC.CCN(C)c1ccc2cc(-c3nc4ccccc4[nH]3)c(=O)oc2c1. The largest absolute Gasteiger partial charge is 0.422 e. The van der Waals surface area contributed by atoms with Gasteiger partial charge in [-0.1, -0.05) is 18.1 Å². The maximum absolute atomic E-state index is 12.4. The monoisotopic (exact) mass is 407 g/mol. The highest BCUT2D eigenvalue weighted by molar-refractivity contribution is 5.85. The molecule has 1 N–H and O–H groups in total. The van der Waals surface area contributed by atoms with Crippen LogP contribution < -0.4 is 10.5 Å². The minimum Gasteiger partial charge on any atom is -0.422 e. The lowest BCUT2D eigenvalue weighted by molar-refractivity contribution is 0.563. The van der Waals surface area contributed by atoms with Crippen molar-refractivity contribution in [2.75, 3.05) is 18.5 Å². The van der Waals surface area contributed by atoms with E-state index in [4.69, 9.17) is 10.8 Å². The first-order valence-corrected chi connectivity index (χ1v) is 9.69. The Bertz CT molecular complexity index is 1410. The molecule has 0 unspecified atom stereocenters. The summed E-state index contributed by atoms with van der Waals surface area (Å²) in [5.74, 6) is 12.5. The number of aromatic nitrogens is 2. The third-order valence-electron chi connectivity index (χ3n) is 4.60. The number of benzene rings is 2. The minimum atomic E-state index is -0.391. The van der Waals surface area contributed by atoms with E-state index in [9.17, 15) is 4.79 Å². The molecule has 0 aliphatic carbocycles. The van der Waals surface area contributed by atoms with Crippen molar-refractivity contribution < 1.29 is 4.42 Å². The van der Waals surface area contributed by atoms with Crippen LogP contribution in [0.2, 0.25) is 0 Å². The Morgan fingerprint density at radius 2 is 1.94 bits per heavy atom. The topological polar surface area (TPSA) is 62.1 Å². The molecular weight excluding hydrogens is 386 g/mol. The molecule has 2 aromatic carbocycles. The molecule has 0 aliphatic heterocycles. The number of H-pyrrole nitrogens is 1. The van der Waals surface area contributed by atoms with Crippen LogP contribution in [0.25, 0.3) is 33.4 Å². The Morgan fingerprint density at radius 3 is 2.65 bits per heavy atom. The molecule has 0 fully saturated rings. The standard InChI is InChI=1S/C19H17N3O2.C7H4/c1-3-22(2)13-9-8-12-10-14(19(23)24-17(12)11-13)18-20-15-6-4-5-7-16(15)21-18;1-3-5-7-6-4-2/h4-11H,3H2,1-2H3,(H,20,21);1H,2H3. The van der Waals surface area contributed by atoms with Gasteiger partial charge in [0, 0.05) is 30.7 Å². The van der Waals surface area contributed by atoms with Gasteiger partial charge in [-0.25, -0.2) is 9.78 Å². The number of fused-ring (bicyclic) bond motifs is 2. The summed E-state index contributed by atoms with van der Waals surface area (Å²) in [4.78, 5) is 22.2. The number of terminal acetylenes is 1. The maximum atomic E-state index is 12.4. The van der Waals surface area contributed by atoms with Gasteiger partial charge in [-0.05, 0) is 67.9 Å². The average Bonchev–Trinajstić information content (AvgIpc) is 3.22. The molecular formula is C26H21N3O2. The molecule has 5 nitrogen and oxygen atoms in total. The van der Waals surface area contributed by atoms with Crippen molar-refractivity contribution in [3.8, 4) is 47.4 Å². The molecule has 31 heavy (non-hydrogen) atoms. The van der Waals surface area contributed by atoms with Gasteiger partial charge in [0.1, 0.15) is 17.0 Å². The average molecular weight is 407 g/mol.